The van der Waals surface area contributed by atoms with Gasteiger partial charge in [-0.05, 0) is 38.5 Å². The van der Waals surface area contributed by atoms with Crippen LogP contribution in [0.25, 0.3) is 22.3 Å². The summed E-state index contributed by atoms with van der Waals surface area (Å²) in [4.78, 5) is 20.0. The van der Waals surface area contributed by atoms with E-state index in [0.717, 1.165) is 27.6 Å². The fourth-order valence-corrected chi connectivity index (χ4v) is 3.07. The highest BCUT2D eigenvalue weighted by Crippen LogP contribution is 2.24. The topological polar surface area (TPSA) is 57.8 Å². The molecule has 0 aliphatic carbocycles. The van der Waals surface area contributed by atoms with E-state index >= 15 is 0 Å². The summed E-state index contributed by atoms with van der Waals surface area (Å²) in [6, 6.07) is 7.75. The van der Waals surface area contributed by atoms with Gasteiger partial charge in [-0.1, -0.05) is 6.07 Å². The molecule has 2 heterocycles. The third-order valence-corrected chi connectivity index (χ3v) is 3.95. The molecule has 108 valence electrons. The summed E-state index contributed by atoms with van der Waals surface area (Å²) >= 11 is 1.54. The van der Waals surface area contributed by atoms with Crippen LogP contribution in [0, 0.1) is 6.92 Å². The maximum Gasteiger partial charge on any atom is 0.190 e. The Morgan fingerprint density at radius 3 is 2.86 bits per heavy atom. The number of H-pyrrole nitrogens is 1. The van der Waals surface area contributed by atoms with Crippen molar-refractivity contribution in [2.75, 3.05) is 5.32 Å². The maximum atomic E-state index is 12.2. The van der Waals surface area contributed by atoms with Crippen LogP contribution in [0.2, 0.25) is 0 Å². The van der Waals surface area contributed by atoms with E-state index in [1.165, 1.54) is 0 Å². The second-order valence-corrected chi connectivity index (χ2v) is 6.29. The van der Waals surface area contributed by atoms with Crippen LogP contribution in [-0.4, -0.2) is 16.0 Å². The zero-order chi connectivity index (χ0) is 15.0. The van der Waals surface area contributed by atoms with Gasteiger partial charge in [0.1, 0.15) is 0 Å². The van der Waals surface area contributed by atoms with Crippen molar-refractivity contribution in [2.24, 2.45) is 0 Å². The van der Waals surface area contributed by atoms with Crippen LogP contribution < -0.4 is 10.7 Å². The molecular formula is C16H17N3OS. The minimum atomic E-state index is 0.0186. The van der Waals surface area contributed by atoms with Crippen molar-refractivity contribution in [3.8, 4) is 11.4 Å². The van der Waals surface area contributed by atoms with Crippen LogP contribution in [0.3, 0.4) is 0 Å². The zero-order valence-corrected chi connectivity index (χ0v) is 13.0. The Morgan fingerprint density at radius 2 is 2.10 bits per heavy atom. The number of rotatable bonds is 3. The van der Waals surface area contributed by atoms with Crippen molar-refractivity contribution in [3.05, 3.63) is 45.4 Å². The molecule has 2 N–H and O–H groups in total. The van der Waals surface area contributed by atoms with Crippen molar-refractivity contribution in [1.29, 1.82) is 0 Å². The van der Waals surface area contributed by atoms with Gasteiger partial charge in [-0.15, -0.1) is 11.3 Å². The lowest BCUT2D eigenvalue weighted by Gasteiger charge is -2.05. The lowest BCUT2D eigenvalue weighted by molar-refractivity contribution is 0.896. The summed E-state index contributed by atoms with van der Waals surface area (Å²) in [5, 5.41) is 6.80. The standard InChI is InChI=1S/C16H17N3OS/c1-9(2)17-16-19-14(8-21-16)13-7-15(20)11-5-4-10(3)6-12(11)18-13/h4-9H,1-3H3,(H,17,19)(H,18,20). The summed E-state index contributed by atoms with van der Waals surface area (Å²) in [5.74, 6) is 0. The number of fused-ring (bicyclic) bond motifs is 1. The van der Waals surface area contributed by atoms with Gasteiger partial charge in [0.15, 0.2) is 10.6 Å². The monoisotopic (exact) mass is 299 g/mol. The predicted octanol–water partition coefficient (Wildman–Crippen LogP) is 3.78. The number of hydrogen-bond donors (Lipinski definition) is 2. The highest BCUT2D eigenvalue weighted by atomic mass is 32.1. The fraction of sp³-hybridized carbons (Fsp3) is 0.250. The van der Waals surface area contributed by atoms with Gasteiger partial charge < -0.3 is 10.3 Å². The molecule has 3 rings (SSSR count). The van der Waals surface area contributed by atoms with Gasteiger partial charge in [-0.2, -0.15) is 0 Å². The minimum absolute atomic E-state index is 0.0186. The van der Waals surface area contributed by atoms with Crippen LogP contribution >= 0.6 is 11.3 Å². The number of aromatic nitrogens is 2. The molecule has 1 aromatic carbocycles. The average Bonchev–Trinajstić information content (AvgIpc) is 2.85. The van der Waals surface area contributed by atoms with E-state index < -0.39 is 0 Å². The molecule has 3 aromatic rings. The van der Waals surface area contributed by atoms with Crippen LogP contribution in [0.4, 0.5) is 5.13 Å². The molecule has 0 saturated heterocycles. The number of aryl methyl sites for hydroxylation is 1. The second-order valence-electron chi connectivity index (χ2n) is 5.43. The second kappa shape index (κ2) is 5.33. The number of pyridine rings is 1. The van der Waals surface area contributed by atoms with Gasteiger partial charge in [-0.25, -0.2) is 4.98 Å². The van der Waals surface area contributed by atoms with Gasteiger partial charge in [-0.3, -0.25) is 4.79 Å². The number of benzene rings is 1. The Bertz CT molecular complexity index is 848. The Kier molecular flexibility index (Phi) is 3.51. The number of nitrogens with zero attached hydrogens (tertiary/aromatic N) is 1. The summed E-state index contributed by atoms with van der Waals surface area (Å²) in [6.45, 7) is 6.15. The Hall–Kier alpha value is -2.14. The molecule has 0 amide bonds. The molecule has 5 heteroatoms. The van der Waals surface area contributed by atoms with Crippen molar-refractivity contribution >= 4 is 27.4 Å². The van der Waals surface area contributed by atoms with Gasteiger partial charge in [0.25, 0.3) is 0 Å². The van der Waals surface area contributed by atoms with E-state index in [0.29, 0.717) is 11.4 Å². The van der Waals surface area contributed by atoms with Gasteiger partial charge in [0, 0.05) is 22.9 Å². The van der Waals surface area contributed by atoms with Crippen molar-refractivity contribution in [1.82, 2.24) is 9.97 Å². The minimum Gasteiger partial charge on any atom is -0.359 e. The number of anilines is 1. The van der Waals surface area contributed by atoms with Crippen LogP contribution in [0.1, 0.15) is 19.4 Å². The summed E-state index contributed by atoms with van der Waals surface area (Å²) in [5.41, 5.74) is 3.54. The molecule has 0 atom stereocenters. The lowest BCUT2D eigenvalue weighted by atomic mass is 10.1. The fourth-order valence-electron chi connectivity index (χ4n) is 2.22. The number of thiazole rings is 1. The third kappa shape index (κ3) is 2.83. The maximum absolute atomic E-state index is 12.2. The highest BCUT2D eigenvalue weighted by Gasteiger charge is 2.09. The molecule has 2 aromatic heterocycles. The number of hydrogen-bond acceptors (Lipinski definition) is 4. The SMILES string of the molecule is Cc1ccc2c(=O)cc(-c3csc(NC(C)C)n3)[nH]c2c1. The van der Waals surface area contributed by atoms with E-state index in [1.807, 2.05) is 30.5 Å². The van der Waals surface area contributed by atoms with Crippen LogP contribution in [0.5, 0.6) is 0 Å². The first-order valence-corrected chi connectivity index (χ1v) is 7.77. The summed E-state index contributed by atoms with van der Waals surface area (Å²) in [6.07, 6.45) is 0. The number of nitrogens with one attached hydrogen (secondary N) is 2. The Labute approximate surface area is 126 Å². The zero-order valence-electron chi connectivity index (χ0n) is 12.2. The highest BCUT2D eigenvalue weighted by molar-refractivity contribution is 7.14. The van der Waals surface area contributed by atoms with E-state index in [4.69, 9.17) is 0 Å². The molecule has 0 bridgehead atoms. The van der Waals surface area contributed by atoms with Gasteiger partial charge >= 0.3 is 0 Å². The predicted molar refractivity (Wildman–Crippen MR) is 89.2 cm³/mol. The first-order chi connectivity index (χ1) is 10.0. The molecule has 4 nitrogen and oxygen atoms in total. The molecule has 21 heavy (non-hydrogen) atoms. The molecule has 0 fully saturated rings. The third-order valence-electron chi connectivity index (χ3n) is 3.18. The summed E-state index contributed by atoms with van der Waals surface area (Å²) < 4.78 is 0. The normalized spacial score (nSPS) is 11.2. The molecule has 0 saturated carbocycles. The van der Waals surface area contributed by atoms with E-state index in [-0.39, 0.29) is 5.43 Å². The van der Waals surface area contributed by atoms with Gasteiger partial charge in [0.2, 0.25) is 0 Å². The quantitative estimate of drug-likeness (QED) is 0.774. The van der Waals surface area contributed by atoms with E-state index in [2.05, 4.69) is 29.1 Å². The lowest BCUT2D eigenvalue weighted by Crippen LogP contribution is -2.09. The molecular weight excluding hydrogens is 282 g/mol. The Balaban J connectivity index is 2.08. The average molecular weight is 299 g/mol. The smallest absolute Gasteiger partial charge is 0.190 e. The molecule has 0 radical (unpaired) electrons. The van der Waals surface area contributed by atoms with Crippen LogP contribution in [-0.2, 0) is 0 Å². The number of aromatic amines is 1. The van der Waals surface area contributed by atoms with E-state index in [1.54, 1.807) is 17.4 Å². The molecule has 0 unspecified atom stereocenters. The summed E-state index contributed by atoms with van der Waals surface area (Å²) in [7, 11) is 0. The van der Waals surface area contributed by atoms with Crippen LogP contribution in [0.15, 0.2) is 34.4 Å². The van der Waals surface area contributed by atoms with Crippen molar-refractivity contribution < 1.29 is 0 Å². The van der Waals surface area contributed by atoms with Crippen molar-refractivity contribution in [3.63, 3.8) is 0 Å². The first-order valence-electron chi connectivity index (χ1n) is 6.89. The first kappa shape index (κ1) is 13.8. The molecule has 0 spiro atoms. The van der Waals surface area contributed by atoms with E-state index in [9.17, 15) is 4.79 Å². The largest absolute Gasteiger partial charge is 0.359 e. The molecule has 0 aliphatic heterocycles. The molecule has 0 aliphatic rings. The Morgan fingerprint density at radius 1 is 1.29 bits per heavy atom. The van der Waals surface area contributed by atoms with Gasteiger partial charge in [0.05, 0.1) is 16.9 Å². The van der Waals surface area contributed by atoms with Crippen molar-refractivity contribution in [2.45, 2.75) is 26.8 Å².